The van der Waals surface area contributed by atoms with Crippen molar-refractivity contribution >= 4 is 26.6 Å². The Morgan fingerprint density at radius 1 is 0.793 bits per heavy atom. The number of nitrogens with zero attached hydrogens (tertiary/aromatic N) is 1. The van der Waals surface area contributed by atoms with Gasteiger partial charge in [0.1, 0.15) is 0 Å². The first kappa shape index (κ1) is 21.3. The van der Waals surface area contributed by atoms with Gasteiger partial charge in [-0.1, -0.05) is 65.8 Å². The molecule has 1 N–H and O–H groups in total. The van der Waals surface area contributed by atoms with Crippen LogP contribution in [0.5, 0.6) is 0 Å². The number of sulfonamides is 1. The number of fused-ring (bicyclic) bond motifs is 1. The lowest BCUT2D eigenvalue weighted by atomic mass is 9.83. The van der Waals surface area contributed by atoms with Crippen LogP contribution in [-0.2, 0) is 10.0 Å². The molecule has 0 atom stereocenters. The van der Waals surface area contributed by atoms with Gasteiger partial charge >= 0.3 is 0 Å². The maximum absolute atomic E-state index is 13.5. The standard InChI is InChI=1S/C24H30N2O2S/c1-15(2)19-12-13-21(23(17(5)6)22(19)16(3)4)29(27,28)26-20-11-7-9-18-10-8-14-25-24(18)20/h7-17,26H,1-6H3. The van der Waals surface area contributed by atoms with E-state index in [4.69, 9.17) is 0 Å². The number of hydrogen-bond acceptors (Lipinski definition) is 3. The molecule has 0 amide bonds. The molecule has 0 spiro atoms. The number of hydrogen-bond donors (Lipinski definition) is 1. The van der Waals surface area contributed by atoms with Gasteiger partial charge in [0.2, 0.25) is 0 Å². The molecule has 5 heteroatoms. The van der Waals surface area contributed by atoms with Crippen LogP contribution in [0.15, 0.2) is 53.6 Å². The van der Waals surface area contributed by atoms with Gasteiger partial charge in [0.05, 0.1) is 16.1 Å². The Labute approximate surface area is 174 Å². The molecule has 0 aliphatic heterocycles. The van der Waals surface area contributed by atoms with E-state index in [1.807, 2.05) is 30.3 Å². The van der Waals surface area contributed by atoms with Gasteiger partial charge in [0.15, 0.2) is 0 Å². The average molecular weight is 411 g/mol. The van der Waals surface area contributed by atoms with Crippen LogP contribution in [0.1, 0.15) is 76.0 Å². The molecule has 0 radical (unpaired) electrons. The molecule has 154 valence electrons. The third-order valence-electron chi connectivity index (χ3n) is 5.22. The van der Waals surface area contributed by atoms with Crippen LogP contribution in [0.25, 0.3) is 10.9 Å². The molecule has 3 aromatic rings. The van der Waals surface area contributed by atoms with Gasteiger partial charge in [0, 0.05) is 11.6 Å². The number of nitrogens with one attached hydrogen (secondary N) is 1. The summed E-state index contributed by atoms with van der Waals surface area (Å²) in [6.07, 6.45) is 1.67. The largest absolute Gasteiger partial charge is 0.277 e. The molecule has 0 fully saturated rings. The first-order valence-electron chi connectivity index (χ1n) is 10.2. The highest BCUT2D eigenvalue weighted by Crippen LogP contribution is 2.38. The fraction of sp³-hybridized carbons (Fsp3) is 0.375. The molecule has 4 nitrogen and oxygen atoms in total. The summed E-state index contributed by atoms with van der Waals surface area (Å²) in [5.41, 5.74) is 4.42. The zero-order valence-corrected chi connectivity index (χ0v) is 18.8. The van der Waals surface area contributed by atoms with Gasteiger partial charge in [0.25, 0.3) is 10.0 Å². The lowest BCUT2D eigenvalue weighted by Crippen LogP contribution is -2.18. The van der Waals surface area contributed by atoms with E-state index in [-0.39, 0.29) is 11.8 Å². The smallest absolute Gasteiger partial charge is 0.262 e. The van der Waals surface area contributed by atoms with E-state index in [0.717, 1.165) is 16.5 Å². The van der Waals surface area contributed by atoms with E-state index >= 15 is 0 Å². The predicted molar refractivity (Wildman–Crippen MR) is 121 cm³/mol. The van der Waals surface area contributed by atoms with E-state index in [2.05, 4.69) is 51.2 Å². The molecule has 1 aromatic heterocycles. The van der Waals surface area contributed by atoms with Crippen molar-refractivity contribution in [1.29, 1.82) is 0 Å². The van der Waals surface area contributed by atoms with Crippen LogP contribution < -0.4 is 4.72 Å². The number of benzene rings is 2. The van der Waals surface area contributed by atoms with Crippen molar-refractivity contribution < 1.29 is 8.42 Å². The third kappa shape index (κ3) is 4.15. The third-order valence-corrected chi connectivity index (χ3v) is 6.65. The van der Waals surface area contributed by atoms with Crippen LogP contribution in [0.2, 0.25) is 0 Å². The monoisotopic (exact) mass is 410 g/mol. The fourth-order valence-corrected chi connectivity index (χ4v) is 5.44. The molecule has 29 heavy (non-hydrogen) atoms. The number of pyridine rings is 1. The average Bonchev–Trinajstić information content (AvgIpc) is 2.66. The molecule has 1 heterocycles. The van der Waals surface area contributed by atoms with Crippen LogP contribution in [0.3, 0.4) is 0 Å². The summed E-state index contributed by atoms with van der Waals surface area (Å²) < 4.78 is 29.8. The van der Waals surface area contributed by atoms with E-state index in [0.29, 0.717) is 22.0 Å². The zero-order chi connectivity index (χ0) is 21.3. The van der Waals surface area contributed by atoms with Gasteiger partial charge in [-0.3, -0.25) is 9.71 Å². The Hall–Kier alpha value is -2.40. The molecular formula is C24H30N2O2S. The van der Waals surface area contributed by atoms with Crippen molar-refractivity contribution in [2.45, 2.75) is 64.2 Å². The molecule has 0 unspecified atom stereocenters. The quantitative estimate of drug-likeness (QED) is 0.511. The lowest BCUT2D eigenvalue weighted by Gasteiger charge is -2.25. The van der Waals surface area contributed by atoms with E-state index in [1.54, 1.807) is 18.3 Å². The Bertz CT molecular complexity index is 1130. The van der Waals surface area contributed by atoms with Crippen LogP contribution >= 0.6 is 0 Å². The Morgan fingerprint density at radius 2 is 1.45 bits per heavy atom. The molecule has 0 aliphatic carbocycles. The summed E-state index contributed by atoms with van der Waals surface area (Å²) in [4.78, 5) is 4.73. The molecule has 2 aromatic carbocycles. The van der Waals surface area contributed by atoms with Crippen molar-refractivity contribution in [3.8, 4) is 0 Å². The number of anilines is 1. The maximum atomic E-state index is 13.5. The summed E-state index contributed by atoms with van der Waals surface area (Å²) in [6, 6.07) is 13.0. The molecule has 0 bridgehead atoms. The number of para-hydroxylation sites is 1. The van der Waals surface area contributed by atoms with E-state index < -0.39 is 10.0 Å². The summed E-state index contributed by atoms with van der Waals surface area (Å²) >= 11 is 0. The van der Waals surface area contributed by atoms with E-state index in [1.165, 1.54) is 5.56 Å². The molecule has 0 aliphatic rings. The minimum absolute atomic E-state index is 0.0864. The van der Waals surface area contributed by atoms with E-state index in [9.17, 15) is 8.42 Å². The second-order valence-corrected chi connectivity index (χ2v) is 10.1. The van der Waals surface area contributed by atoms with Gasteiger partial charge in [-0.15, -0.1) is 0 Å². The van der Waals surface area contributed by atoms with Crippen LogP contribution in [0.4, 0.5) is 5.69 Å². The molecule has 3 rings (SSSR count). The van der Waals surface area contributed by atoms with Gasteiger partial charge in [-0.2, -0.15) is 0 Å². The van der Waals surface area contributed by atoms with Crippen molar-refractivity contribution in [2.24, 2.45) is 0 Å². The fourth-order valence-electron chi connectivity index (χ4n) is 4.00. The topological polar surface area (TPSA) is 59.1 Å². The van der Waals surface area contributed by atoms with Gasteiger partial charge in [-0.05, 0) is 52.6 Å². The Balaban J connectivity index is 2.19. The summed E-state index contributed by atoms with van der Waals surface area (Å²) in [5.74, 6) is 0.652. The Kier molecular flexibility index (Phi) is 5.99. The van der Waals surface area contributed by atoms with Crippen molar-refractivity contribution in [3.63, 3.8) is 0 Å². The first-order chi connectivity index (χ1) is 13.6. The van der Waals surface area contributed by atoms with Gasteiger partial charge in [-0.25, -0.2) is 8.42 Å². The lowest BCUT2D eigenvalue weighted by molar-refractivity contribution is 0.597. The number of aromatic nitrogens is 1. The highest BCUT2D eigenvalue weighted by atomic mass is 32.2. The van der Waals surface area contributed by atoms with Crippen molar-refractivity contribution in [2.75, 3.05) is 4.72 Å². The second kappa shape index (κ2) is 8.15. The summed E-state index contributed by atoms with van der Waals surface area (Å²) in [5, 5.41) is 0.898. The normalized spacial score (nSPS) is 12.3. The Morgan fingerprint density at radius 3 is 2.07 bits per heavy atom. The van der Waals surface area contributed by atoms with Gasteiger partial charge < -0.3 is 0 Å². The van der Waals surface area contributed by atoms with Crippen LogP contribution in [0, 0.1) is 0 Å². The minimum atomic E-state index is -3.77. The zero-order valence-electron chi connectivity index (χ0n) is 18.0. The highest BCUT2D eigenvalue weighted by Gasteiger charge is 2.27. The first-order valence-corrected chi connectivity index (χ1v) is 11.6. The summed E-state index contributed by atoms with van der Waals surface area (Å²) in [6.45, 7) is 12.7. The van der Waals surface area contributed by atoms with Crippen molar-refractivity contribution in [1.82, 2.24) is 4.98 Å². The van der Waals surface area contributed by atoms with Crippen LogP contribution in [-0.4, -0.2) is 13.4 Å². The molecular weight excluding hydrogens is 380 g/mol. The SMILES string of the molecule is CC(C)c1ccc(S(=O)(=O)Nc2cccc3cccnc23)c(C(C)C)c1C(C)C. The number of rotatable bonds is 6. The molecule has 0 saturated carbocycles. The maximum Gasteiger partial charge on any atom is 0.262 e. The minimum Gasteiger partial charge on any atom is -0.277 e. The second-order valence-electron chi connectivity index (χ2n) is 8.43. The highest BCUT2D eigenvalue weighted by molar-refractivity contribution is 7.92. The molecule has 0 saturated heterocycles. The predicted octanol–water partition coefficient (Wildman–Crippen LogP) is 6.41. The van der Waals surface area contributed by atoms with Crippen molar-refractivity contribution in [3.05, 3.63) is 65.4 Å². The summed E-state index contributed by atoms with van der Waals surface area (Å²) in [7, 11) is -3.77.